The van der Waals surface area contributed by atoms with Gasteiger partial charge < -0.3 is 10.4 Å². The second kappa shape index (κ2) is 6.34. The van der Waals surface area contributed by atoms with E-state index in [1.165, 1.54) is 30.5 Å². The van der Waals surface area contributed by atoms with Crippen LogP contribution >= 0.6 is 0 Å². The van der Waals surface area contributed by atoms with Gasteiger partial charge in [-0.1, -0.05) is 6.07 Å². The van der Waals surface area contributed by atoms with Crippen molar-refractivity contribution in [2.24, 2.45) is 0 Å². The molecule has 0 aliphatic rings. The maximum absolute atomic E-state index is 14.1. The summed E-state index contributed by atoms with van der Waals surface area (Å²) >= 11 is 0. The molecule has 0 bridgehead atoms. The van der Waals surface area contributed by atoms with Crippen molar-refractivity contribution in [3.05, 3.63) is 53.6 Å². The summed E-state index contributed by atoms with van der Waals surface area (Å²) in [5, 5.41) is 11.9. The molecule has 1 heterocycles. The lowest BCUT2D eigenvalue weighted by atomic mass is 10.0. The molecule has 1 amide bonds. The molecular weight excluding hydrogens is 287 g/mol. The summed E-state index contributed by atoms with van der Waals surface area (Å²) in [6.07, 6.45) is 1.32. The van der Waals surface area contributed by atoms with Gasteiger partial charge in [0.1, 0.15) is 5.82 Å². The third-order valence-corrected chi connectivity index (χ3v) is 2.95. The van der Waals surface area contributed by atoms with Gasteiger partial charge in [-0.05, 0) is 38.1 Å². The van der Waals surface area contributed by atoms with Crippen molar-refractivity contribution in [1.29, 1.82) is 0 Å². The fourth-order valence-corrected chi connectivity index (χ4v) is 2.01. The highest BCUT2D eigenvalue weighted by Crippen LogP contribution is 2.26. The van der Waals surface area contributed by atoms with Crippen LogP contribution < -0.4 is 5.32 Å². The second-order valence-corrected chi connectivity index (χ2v) is 5.03. The molecule has 2 aromatic rings. The molecule has 0 aliphatic carbocycles. The van der Waals surface area contributed by atoms with Gasteiger partial charge in [0, 0.05) is 28.9 Å². The van der Waals surface area contributed by atoms with Crippen LogP contribution in [0.3, 0.4) is 0 Å². The van der Waals surface area contributed by atoms with Crippen LogP contribution in [0.25, 0.3) is 11.1 Å². The Balaban J connectivity index is 2.52. The fourth-order valence-electron chi connectivity index (χ4n) is 2.01. The number of amides is 1. The Hall–Kier alpha value is -2.76. The van der Waals surface area contributed by atoms with E-state index in [9.17, 15) is 14.0 Å². The van der Waals surface area contributed by atoms with E-state index in [-0.39, 0.29) is 34.3 Å². The van der Waals surface area contributed by atoms with E-state index >= 15 is 0 Å². The molecule has 0 unspecified atom stereocenters. The van der Waals surface area contributed by atoms with E-state index in [2.05, 4.69) is 10.3 Å². The molecule has 2 rings (SSSR count). The molecule has 0 fully saturated rings. The molecule has 6 heteroatoms. The minimum Gasteiger partial charge on any atom is -0.476 e. The first kappa shape index (κ1) is 15.6. The predicted octanol–water partition coefficient (Wildman–Crippen LogP) is 2.72. The summed E-state index contributed by atoms with van der Waals surface area (Å²) in [6.45, 7) is 3.62. The van der Waals surface area contributed by atoms with E-state index in [1.807, 2.05) is 13.8 Å². The quantitative estimate of drug-likeness (QED) is 0.910. The van der Waals surface area contributed by atoms with Crippen molar-refractivity contribution < 1.29 is 19.1 Å². The van der Waals surface area contributed by atoms with Gasteiger partial charge in [0.15, 0.2) is 5.69 Å². The highest BCUT2D eigenvalue weighted by Gasteiger charge is 2.18. The van der Waals surface area contributed by atoms with Crippen LogP contribution in [-0.4, -0.2) is 28.0 Å². The van der Waals surface area contributed by atoms with E-state index in [1.54, 1.807) is 0 Å². The van der Waals surface area contributed by atoms with Crippen LogP contribution in [-0.2, 0) is 0 Å². The number of halogens is 1. The first-order valence-corrected chi connectivity index (χ1v) is 6.69. The molecule has 114 valence electrons. The number of carboxylic acids is 1. The van der Waals surface area contributed by atoms with E-state index in [0.717, 1.165) is 6.07 Å². The van der Waals surface area contributed by atoms with Gasteiger partial charge in [0.25, 0.3) is 5.91 Å². The first-order valence-electron chi connectivity index (χ1n) is 6.69. The van der Waals surface area contributed by atoms with Gasteiger partial charge in [0.05, 0.1) is 0 Å². The van der Waals surface area contributed by atoms with E-state index in [0.29, 0.717) is 0 Å². The number of carbonyl (C=O) groups is 2. The molecule has 1 aromatic carbocycles. The molecule has 0 aliphatic heterocycles. The number of rotatable bonds is 4. The van der Waals surface area contributed by atoms with Gasteiger partial charge in [0.2, 0.25) is 0 Å². The number of pyridine rings is 1. The van der Waals surface area contributed by atoms with Gasteiger partial charge in [-0.25, -0.2) is 14.2 Å². The maximum atomic E-state index is 14.1. The van der Waals surface area contributed by atoms with Crippen LogP contribution in [0.1, 0.15) is 34.7 Å². The van der Waals surface area contributed by atoms with Crippen molar-refractivity contribution in [2.45, 2.75) is 19.9 Å². The Morgan fingerprint density at radius 2 is 1.95 bits per heavy atom. The number of benzene rings is 1. The zero-order valence-electron chi connectivity index (χ0n) is 12.1. The SMILES string of the molecule is CC(C)NC(=O)c1ccc(F)c(-c2cccnc2C(=O)O)c1. The van der Waals surface area contributed by atoms with Crippen molar-refractivity contribution in [2.75, 3.05) is 0 Å². The van der Waals surface area contributed by atoms with Crippen molar-refractivity contribution in [3.8, 4) is 11.1 Å². The zero-order valence-corrected chi connectivity index (χ0v) is 12.1. The minimum absolute atomic E-state index is 0.0295. The zero-order chi connectivity index (χ0) is 16.3. The third kappa shape index (κ3) is 3.28. The summed E-state index contributed by atoms with van der Waals surface area (Å²) in [5.41, 5.74) is 0.154. The number of nitrogens with zero attached hydrogens (tertiary/aromatic N) is 1. The molecule has 5 nitrogen and oxygen atoms in total. The summed E-state index contributed by atoms with van der Waals surface area (Å²) < 4.78 is 14.1. The molecule has 0 atom stereocenters. The van der Waals surface area contributed by atoms with Crippen LogP contribution in [0, 0.1) is 5.82 Å². The van der Waals surface area contributed by atoms with Gasteiger partial charge in [-0.15, -0.1) is 0 Å². The second-order valence-electron chi connectivity index (χ2n) is 5.03. The molecule has 0 saturated heterocycles. The van der Waals surface area contributed by atoms with E-state index in [4.69, 9.17) is 5.11 Å². The number of hydrogen-bond donors (Lipinski definition) is 2. The standard InChI is InChI=1S/C16H15FN2O3/c1-9(2)19-15(20)10-5-6-13(17)12(8-10)11-4-3-7-18-14(11)16(21)22/h3-9H,1-2H3,(H,19,20)(H,21,22). The van der Waals surface area contributed by atoms with Crippen molar-refractivity contribution >= 4 is 11.9 Å². The molecule has 2 N–H and O–H groups in total. The topological polar surface area (TPSA) is 79.3 Å². The van der Waals surface area contributed by atoms with Gasteiger partial charge in [-0.2, -0.15) is 0 Å². The number of carboxylic acid groups (broad SMARTS) is 1. The van der Waals surface area contributed by atoms with Crippen molar-refractivity contribution in [3.63, 3.8) is 0 Å². The number of hydrogen-bond acceptors (Lipinski definition) is 3. The molecule has 0 radical (unpaired) electrons. The Morgan fingerprint density at radius 3 is 2.59 bits per heavy atom. The number of nitrogens with one attached hydrogen (secondary N) is 1. The summed E-state index contributed by atoms with van der Waals surface area (Å²) in [7, 11) is 0. The molecule has 0 spiro atoms. The lowest BCUT2D eigenvalue weighted by Crippen LogP contribution is -2.30. The highest BCUT2D eigenvalue weighted by molar-refractivity contribution is 5.98. The summed E-state index contributed by atoms with van der Waals surface area (Å²) in [4.78, 5) is 27.0. The largest absolute Gasteiger partial charge is 0.476 e. The monoisotopic (exact) mass is 302 g/mol. The summed E-state index contributed by atoms with van der Waals surface area (Å²) in [5.74, 6) is -2.22. The van der Waals surface area contributed by atoms with Crippen LogP contribution in [0.2, 0.25) is 0 Å². The number of aromatic nitrogens is 1. The molecule has 0 saturated carbocycles. The van der Waals surface area contributed by atoms with Crippen molar-refractivity contribution in [1.82, 2.24) is 10.3 Å². The van der Waals surface area contributed by atoms with E-state index < -0.39 is 11.8 Å². The fraction of sp³-hybridized carbons (Fsp3) is 0.188. The van der Waals surface area contributed by atoms with Crippen LogP contribution in [0.4, 0.5) is 4.39 Å². The molecular formula is C16H15FN2O3. The average molecular weight is 302 g/mol. The Morgan fingerprint density at radius 1 is 1.23 bits per heavy atom. The highest BCUT2D eigenvalue weighted by atomic mass is 19.1. The lowest BCUT2D eigenvalue weighted by Gasteiger charge is -2.11. The predicted molar refractivity (Wildman–Crippen MR) is 79.2 cm³/mol. The number of carbonyl (C=O) groups excluding carboxylic acids is 1. The maximum Gasteiger partial charge on any atom is 0.355 e. The first-order chi connectivity index (χ1) is 10.4. The Labute approximate surface area is 126 Å². The Bertz CT molecular complexity index is 729. The normalized spacial score (nSPS) is 10.5. The average Bonchev–Trinajstić information content (AvgIpc) is 2.47. The van der Waals surface area contributed by atoms with Crippen LogP contribution in [0.15, 0.2) is 36.5 Å². The lowest BCUT2D eigenvalue weighted by molar-refractivity contribution is 0.0691. The Kier molecular flexibility index (Phi) is 4.50. The summed E-state index contributed by atoms with van der Waals surface area (Å²) in [6, 6.07) is 6.74. The third-order valence-electron chi connectivity index (χ3n) is 2.95. The smallest absolute Gasteiger partial charge is 0.355 e. The minimum atomic E-state index is -1.26. The molecule has 1 aromatic heterocycles. The van der Waals surface area contributed by atoms with Gasteiger partial charge in [-0.3, -0.25) is 4.79 Å². The number of aromatic carboxylic acids is 1. The van der Waals surface area contributed by atoms with Crippen LogP contribution in [0.5, 0.6) is 0 Å². The molecule has 22 heavy (non-hydrogen) atoms. The van der Waals surface area contributed by atoms with Gasteiger partial charge >= 0.3 is 5.97 Å².